The van der Waals surface area contributed by atoms with Crippen molar-refractivity contribution in [1.82, 2.24) is 9.97 Å². The lowest BCUT2D eigenvalue weighted by atomic mass is 10.1. The van der Waals surface area contributed by atoms with Crippen molar-refractivity contribution < 1.29 is 10.0 Å². The van der Waals surface area contributed by atoms with Gasteiger partial charge >= 0.3 is 0 Å². The summed E-state index contributed by atoms with van der Waals surface area (Å²) in [6, 6.07) is 13.8. The van der Waals surface area contributed by atoms with Crippen molar-refractivity contribution >= 4 is 11.0 Å². The van der Waals surface area contributed by atoms with Gasteiger partial charge in [-0.3, -0.25) is 0 Å². The Balaban J connectivity index is 1.74. The van der Waals surface area contributed by atoms with E-state index in [-0.39, 0.29) is 0 Å². The maximum Gasteiger partial charge on any atom is 0.138 e. The molecule has 23 heavy (non-hydrogen) atoms. The number of fused-ring (bicyclic) bond motifs is 1. The number of nitrogens with zero attached hydrogens (tertiary/aromatic N) is 1. The fraction of sp³-hybridized carbons (Fsp3) is 0.316. The first kappa shape index (κ1) is 14.3. The molecule has 2 aromatic carbocycles. The van der Waals surface area contributed by atoms with Crippen LogP contribution in [0.5, 0.6) is 5.75 Å². The van der Waals surface area contributed by atoms with E-state index in [1.54, 1.807) is 11.0 Å². The number of piperidine rings is 1. The van der Waals surface area contributed by atoms with Gasteiger partial charge in [-0.05, 0) is 31.4 Å². The molecule has 1 aromatic heterocycles. The first-order valence-corrected chi connectivity index (χ1v) is 8.41. The second-order valence-electron chi connectivity index (χ2n) is 6.40. The van der Waals surface area contributed by atoms with Crippen LogP contribution in [0, 0.1) is 0 Å². The maximum atomic E-state index is 10.4. The van der Waals surface area contributed by atoms with E-state index >= 15 is 0 Å². The lowest BCUT2D eigenvalue weighted by Crippen LogP contribution is -3.11. The van der Waals surface area contributed by atoms with Crippen molar-refractivity contribution in [2.75, 3.05) is 13.1 Å². The molecule has 1 fully saturated rings. The number of phenolic OH excluding ortho intramolecular Hbond substituents is 1. The van der Waals surface area contributed by atoms with Crippen LogP contribution >= 0.6 is 0 Å². The molecule has 0 atom stereocenters. The Morgan fingerprint density at radius 1 is 1.00 bits per heavy atom. The van der Waals surface area contributed by atoms with Crippen LogP contribution < -0.4 is 4.90 Å². The average Bonchev–Trinajstić information content (AvgIpc) is 3.04. The van der Waals surface area contributed by atoms with Gasteiger partial charge in [-0.15, -0.1) is 0 Å². The molecule has 4 rings (SSSR count). The van der Waals surface area contributed by atoms with E-state index in [2.05, 4.69) is 4.98 Å². The highest BCUT2D eigenvalue weighted by atomic mass is 16.3. The quantitative estimate of drug-likeness (QED) is 0.696. The molecule has 3 N–H and O–H groups in total. The Morgan fingerprint density at radius 2 is 1.78 bits per heavy atom. The largest absolute Gasteiger partial charge is 0.507 e. The predicted octanol–water partition coefficient (Wildman–Crippen LogP) is 2.50. The molecule has 0 bridgehead atoms. The molecule has 1 saturated heterocycles. The van der Waals surface area contributed by atoms with Crippen molar-refractivity contribution in [2.45, 2.75) is 25.8 Å². The topological polar surface area (TPSA) is 53.3 Å². The molecule has 4 heteroatoms. The number of H-pyrrole nitrogens is 1. The molecule has 4 nitrogen and oxygen atoms in total. The molecular formula is C19H22N3O+. The Labute approximate surface area is 135 Å². The van der Waals surface area contributed by atoms with E-state index in [4.69, 9.17) is 4.98 Å². The van der Waals surface area contributed by atoms with Gasteiger partial charge in [0.1, 0.15) is 23.6 Å². The van der Waals surface area contributed by atoms with Crippen LogP contribution in [0.4, 0.5) is 0 Å². The van der Waals surface area contributed by atoms with E-state index in [9.17, 15) is 5.11 Å². The number of imidazole rings is 1. The highest BCUT2D eigenvalue weighted by Gasteiger charge is 2.20. The second kappa shape index (κ2) is 6.05. The third-order valence-electron chi connectivity index (χ3n) is 4.77. The Kier molecular flexibility index (Phi) is 3.75. The van der Waals surface area contributed by atoms with Crippen LogP contribution in [-0.2, 0) is 6.54 Å². The molecule has 1 aliphatic heterocycles. The summed E-state index contributed by atoms with van der Waals surface area (Å²) in [6.07, 6.45) is 3.89. The van der Waals surface area contributed by atoms with Gasteiger partial charge < -0.3 is 15.0 Å². The number of aromatic nitrogens is 2. The molecule has 1 aliphatic rings. The molecule has 0 saturated carbocycles. The lowest BCUT2D eigenvalue weighted by molar-refractivity contribution is -0.918. The monoisotopic (exact) mass is 308 g/mol. The molecule has 0 aliphatic carbocycles. The molecule has 118 valence electrons. The van der Waals surface area contributed by atoms with Gasteiger partial charge in [-0.25, -0.2) is 4.98 Å². The maximum absolute atomic E-state index is 10.4. The summed E-state index contributed by atoms with van der Waals surface area (Å²) in [5.41, 5.74) is 3.94. The van der Waals surface area contributed by atoms with E-state index < -0.39 is 0 Å². The van der Waals surface area contributed by atoms with Gasteiger partial charge in [0.15, 0.2) is 0 Å². The number of quaternary nitrogens is 1. The summed E-state index contributed by atoms with van der Waals surface area (Å²) in [6.45, 7) is 3.22. The van der Waals surface area contributed by atoms with Crippen LogP contribution in [0.15, 0.2) is 42.5 Å². The molecule has 2 heterocycles. The standard InChI is InChI=1S/C19H21N3O/c23-17-10-9-16-18(15(17)13-22-11-5-2-6-12-22)21-19(20-16)14-7-3-1-4-8-14/h1,3-4,7-10,23H,2,5-6,11-13H2,(H,20,21)/p+1. The fourth-order valence-electron chi connectivity index (χ4n) is 3.51. The van der Waals surface area contributed by atoms with Crippen LogP contribution in [0.25, 0.3) is 22.4 Å². The molecule has 3 aromatic rings. The molecule has 0 unspecified atom stereocenters. The van der Waals surface area contributed by atoms with Crippen molar-refractivity contribution in [3.63, 3.8) is 0 Å². The van der Waals surface area contributed by atoms with Crippen molar-refractivity contribution in [3.8, 4) is 17.1 Å². The van der Waals surface area contributed by atoms with Gasteiger partial charge in [0.05, 0.1) is 24.2 Å². The summed E-state index contributed by atoms with van der Waals surface area (Å²) in [4.78, 5) is 9.71. The van der Waals surface area contributed by atoms with Crippen molar-refractivity contribution in [2.24, 2.45) is 0 Å². The van der Waals surface area contributed by atoms with Crippen LogP contribution in [0.3, 0.4) is 0 Å². The van der Waals surface area contributed by atoms with Crippen LogP contribution in [0.1, 0.15) is 24.8 Å². The number of hydrogen-bond donors (Lipinski definition) is 3. The highest BCUT2D eigenvalue weighted by molar-refractivity contribution is 5.84. The van der Waals surface area contributed by atoms with Gasteiger partial charge in [0, 0.05) is 5.56 Å². The van der Waals surface area contributed by atoms with Crippen LogP contribution in [0.2, 0.25) is 0 Å². The second-order valence-corrected chi connectivity index (χ2v) is 6.40. The minimum Gasteiger partial charge on any atom is -0.507 e. The zero-order chi connectivity index (χ0) is 15.6. The van der Waals surface area contributed by atoms with Gasteiger partial charge in [0.25, 0.3) is 0 Å². The third kappa shape index (κ3) is 2.82. The summed E-state index contributed by atoms with van der Waals surface area (Å²) in [5.74, 6) is 1.22. The zero-order valence-corrected chi connectivity index (χ0v) is 13.2. The molecule has 0 amide bonds. The minimum absolute atomic E-state index is 0.363. The number of likely N-dealkylation sites (tertiary alicyclic amines) is 1. The Morgan fingerprint density at radius 3 is 2.57 bits per heavy atom. The third-order valence-corrected chi connectivity index (χ3v) is 4.77. The van der Waals surface area contributed by atoms with Crippen molar-refractivity contribution in [3.05, 3.63) is 48.0 Å². The van der Waals surface area contributed by atoms with Gasteiger partial charge in [-0.2, -0.15) is 0 Å². The van der Waals surface area contributed by atoms with Gasteiger partial charge in [0.2, 0.25) is 0 Å². The van der Waals surface area contributed by atoms with E-state index in [0.29, 0.717) is 5.75 Å². The SMILES string of the molecule is Oc1ccc2[nH]c(-c3ccccc3)nc2c1C[NH+]1CCCCC1. The smallest absolute Gasteiger partial charge is 0.138 e. The number of aromatic amines is 1. The fourth-order valence-corrected chi connectivity index (χ4v) is 3.51. The van der Waals surface area contributed by atoms with E-state index in [1.807, 2.05) is 36.4 Å². The number of benzene rings is 2. The Hall–Kier alpha value is -2.33. The summed E-state index contributed by atoms with van der Waals surface area (Å²) in [7, 11) is 0. The Bertz CT molecular complexity index is 804. The summed E-state index contributed by atoms with van der Waals surface area (Å²) < 4.78 is 0. The summed E-state index contributed by atoms with van der Waals surface area (Å²) in [5, 5.41) is 10.4. The number of nitrogens with one attached hydrogen (secondary N) is 2. The van der Waals surface area contributed by atoms with Crippen molar-refractivity contribution in [1.29, 1.82) is 0 Å². The predicted molar refractivity (Wildman–Crippen MR) is 91.4 cm³/mol. The van der Waals surface area contributed by atoms with E-state index in [0.717, 1.165) is 34.5 Å². The highest BCUT2D eigenvalue weighted by Crippen LogP contribution is 2.28. The number of aromatic hydroxyl groups is 1. The number of phenols is 1. The number of rotatable bonds is 3. The van der Waals surface area contributed by atoms with Crippen LogP contribution in [-0.4, -0.2) is 28.2 Å². The molecular weight excluding hydrogens is 286 g/mol. The summed E-state index contributed by atoms with van der Waals surface area (Å²) >= 11 is 0. The molecule has 0 radical (unpaired) electrons. The minimum atomic E-state index is 0.363. The first-order valence-electron chi connectivity index (χ1n) is 8.41. The molecule has 0 spiro atoms. The zero-order valence-electron chi connectivity index (χ0n) is 13.2. The lowest BCUT2D eigenvalue weighted by Gasteiger charge is -2.23. The average molecular weight is 308 g/mol. The van der Waals surface area contributed by atoms with Gasteiger partial charge in [-0.1, -0.05) is 30.3 Å². The van der Waals surface area contributed by atoms with E-state index in [1.165, 1.54) is 32.4 Å². The first-order chi connectivity index (χ1) is 11.3. The normalized spacial score (nSPS) is 16.0. The number of hydrogen-bond acceptors (Lipinski definition) is 2.